The molecule has 0 radical (unpaired) electrons. The number of H-pyrrole nitrogens is 1. The Balaban J connectivity index is 0.666. The molecule has 4 N–H and O–H groups in total. The Morgan fingerprint density at radius 3 is 2.25 bits per heavy atom. The first-order valence-electron chi connectivity index (χ1n) is 28.4. The van der Waals surface area contributed by atoms with Crippen LogP contribution in [0.15, 0.2) is 90.7 Å². The second-order valence-corrected chi connectivity index (χ2v) is 25.4. The first kappa shape index (κ1) is 57.6. The van der Waals surface area contributed by atoms with E-state index in [9.17, 15) is 32.3 Å². The predicted molar refractivity (Wildman–Crippen MR) is 314 cm³/mol. The van der Waals surface area contributed by atoms with Gasteiger partial charge in [-0.05, 0) is 92.0 Å². The van der Waals surface area contributed by atoms with Crippen LogP contribution in [0.25, 0.3) is 32.6 Å². The van der Waals surface area contributed by atoms with Gasteiger partial charge in [-0.2, -0.15) is 17.8 Å². The van der Waals surface area contributed by atoms with Crippen LogP contribution in [-0.4, -0.2) is 154 Å². The first-order chi connectivity index (χ1) is 39.8. The number of thiazole rings is 1. The van der Waals surface area contributed by atoms with Gasteiger partial charge in [0.25, 0.3) is 0 Å². The highest BCUT2D eigenvalue weighted by molar-refractivity contribution is 7.90. The summed E-state index contributed by atoms with van der Waals surface area (Å²) in [5.74, 6) is -3.32. The highest BCUT2D eigenvalue weighted by atomic mass is 32.2. The standard InChI is InChI=1S/C60H69F3N12O6S2/c1-35(2)53(60(79)75-33-45(76)27-51(75)59(78)67-36(3)39-6-8-41(9-7-39)57-37(4)66-34-82-57)50-28-52(70(5)68-50)73-24-22-71(23-25-73)31-38-16-19-72(20-17-38)44-12-10-40(11-13-44)42-26-46-47(30-65-58(46)64-29-42)56(77)54-48(62)14-15-49(55(54)63)69-83(80,81)74-21-18-43(61)32-74/h6-15,26,28-30,34-36,38,43,45,51,53,69,76H,16-25,27,31-33H2,1-5H3,(H,64,65)(H,67,78)/t36-,43+,45+,51-,53?/m0/s1. The molecule has 23 heteroatoms. The van der Waals surface area contributed by atoms with Crippen LogP contribution in [0.2, 0.25) is 0 Å². The van der Waals surface area contributed by atoms with Crippen LogP contribution < -0.4 is 19.8 Å². The molecular weight excluding hydrogens is 1110 g/mol. The van der Waals surface area contributed by atoms with Crippen molar-refractivity contribution in [2.75, 3.05) is 80.0 Å². The number of aliphatic hydroxyl groups excluding tert-OH is 1. The first-order valence-corrected chi connectivity index (χ1v) is 30.7. The molecule has 4 aliphatic heterocycles. The number of pyridine rings is 1. The molecule has 4 aliphatic rings. The van der Waals surface area contributed by atoms with Gasteiger partial charge in [0.2, 0.25) is 17.6 Å². The number of amides is 2. The molecule has 438 valence electrons. The Kier molecular flexibility index (Phi) is 16.5. The summed E-state index contributed by atoms with van der Waals surface area (Å²) in [5, 5.41) is 19.2. The summed E-state index contributed by atoms with van der Waals surface area (Å²) in [5.41, 5.74) is 6.74. The van der Waals surface area contributed by atoms with Crippen molar-refractivity contribution in [2.24, 2.45) is 18.9 Å². The minimum absolute atomic E-state index is 0.000878. The van der Waals surface area contributed by atoms with Gasteiger partial charge in [0.15, 0.2) is 5.82 Å². The van der Waals surface area contributed by atoms with Gasteiger partial charge in [0, 0.05) is 120 Å². The quantitative estimate of drug-likeness (QED) is 0.0637. The number of piperidine rings is 1. The summed E-state index contributed by atoms with van der Waals surface area (Å²) in [6, 6.07) is 20.5. The van der Waals surface area contributed by atoms with E-state index in [0.29, 0.717) is 28.2 Å². The molecule has 18 nitrogen and oxygen atoms in total. The van der Waals surface area contributed by atoms with E-state index in [1.54, 1.807) is 28.5 Å². The molecule has 1 unspecified atom stereocenters. The van der Waals surface area contributed by atoms with E-state index in [0.717, 1.165) is 114 Å². The fourth-order valence-corrected chi connectivity index (χ4v) is 14.3. The SMILES string of the molecule is Cc1ncsc1-c1ccc([C@H](C)NC(=O)[C@@H]2C[C@@H](O)CN2C(=O)C(c2cc(N3CCN(CC4CCN(c5ccc(-c6cnc7[nH]cc(C(=O)c8c(F)ccc(NS(=O)(=O)N9CC[C@@H](F)C9)c8F)c7c6)cc5)CC4)CC3)n(C)n2)C(C)C)cc1. The summed E-state index contributed by atoms with van der Waals surface area (Å²) in [7, 11) is -2.46. The summed E-state index contributed by atoms with van der Waals surface area (Å²) in [6.45, 7) is 13.7. The van der Waals surface area contributed by atoms with Gasteiger partial charge in [-0.25, -0.2) is 23.1 Å². The lowest BCUT2D eigenvalue weighted by Crippen LogP contribution is -2.49. The number of ketones is 1. The zero-order valence-corrected chi connectivity index (χ0v) is 48.7. The Morgan fingerprint density at radius 1 is 0.855 bits per heavy atom. The van der Waals surface area contributed by atoms with E-state index >= 15 is 8.78 Å². The number of aromatic amines is 1. The van der Waals surface area contributed by atoms with E-state index in [1.807, 2.05) is 87.4 Å². The van der Waals surface area contributed by atoms with E-state index < -0.39 is 69.7 Å². The number of benzene rings is 3. The Bertz CT molecular complexity index is 3630. The summed E-state index contributed by atoms with van der Waals surface area (Å²) in [6.07, 6.45) is 3.03. The predicted octanol–water partition coefficient (Wildman–Crippen LogP) is 8.22. The van der Waals surface area contributed by atoms with Gasteiger partial charge >= 0.3 is 10.2 Å². The number of β-amino-alcohol motifs (C(OH)–C–C–N with tert-alkyl or cyclic N) is 1. The number of aliphatic hydroxyl groups is 1. The van der Waals surface area contributed by atoms with Crippen molar-refractivity contribution in [1.29, 1.82) is 0 Å². The number of aromatic nitrogens is 5. The zero-order chi connectivity index (χ0) is 58.4. The maximum absolute atomic E-state index is 15.9. The number of halogens is 3. The normalized spacial score (nSPS) is 20.2. The van der Waals surface area contributed by atoms with Gasteiger partial charge in [-0.3, -0.25) is 28.7 Å². The molecule has 7 aromatic rings. The van der Waals surface area contributed by atoms with Crippen LogP contribution in [0.5, 0.6) is 0 Å². The number of hydrogen-bond acceptors (Lipinski definition) is 13. The second kappa shape index (κ2) is 23.8. The number of rotatable bonds is 17. The molecule has 3 aromatic carbocycles. The zero-order valence-electron chi connectivity index (χ0n) is 47.1. The number of alkyl halides is 1. The average Bonchev–Trinajstić information content (AvgIpc) is 4.38. The van der Waals surface area contributed by atoms with Gasteiger partial charge in [-0.1, -0.05) is 50.2 Å². The van der Waals surface area contributed by atoms with Gasteiger partial charge < -0.3 is 30.1 Å². The third-order valence-electron chi connectivity index (χ3n) is 16.9. The molecule has 2 amide bonds. The summed E-state index contributed by atoms with van der Waals surface area (Å²) < 4.78 is 75.4. The molecule has 8 heterocycles. The highest BCUT2D eigenvalue weighted by Crippen LogP contribution is 2.36. The average molecular weight is 1180 g/mol. The number of piperazine rings is 1. The lowest BCUT2D eigenvalue weighted by atomic mass is 9.90. The topological polar surface area (TPSA) is 205 Å². The van der Waals surface area contributed by atoms with Crippen molar-refractivity contribution in [3.63, 3.8) is 0 Å². The number of hydrogen-bond donors (Lipinski definition) is 4. The van der Waals surface area contributed by atoms with Gasteiger partial charge in [0.1, 0.15) is 29.5 Å². The Labute approximate surface area is 484 Å². The van der Waals surface area contributed by atoms with Crippen LogP contribution >= 0.6 is 11.3 Å². The van der Waals surface area contributed by atoms with Crippen LogP contribution in [0.3, 0.4) is 0 Å². The van der Waals surface area contributed by atoms with Gasteiger partial charge in [-0.15, -0.1) is 11.3 Å². The number of carbonyl (C=O) groups is 3. The maximum Gasteiger partial charge on any atom is 0.301 e. The molecule has 0 spiro atoms. The summed E-state index contributed by atoms with van der Waals surface area (Å²) >= 11 is 1.59. The lowest BCUT2D eigenvalue weighted by Gasteiger charge is -2.40. The van der Waals surface area contributed by atoms with Crippen molar-refractivity contribution in [1.82, 2.24) is 44.2 Å². The number of anilines is 3. The number of fused-ring (bicyclic) bond motifs is 1. The third-order valence-corrected chi connectivity index (χ3v) is 19.4. The minimum atomic E-state index is -4.37. The molecule has 4 aromatic heterocycles. The largest absolute Gasteiger partial charge is 0.391 e. The Morgan fingerprint density at radius 2 is 1.58 bits per heavy atom. The number of carbonyl (C=O) groups excluding carboxylic acids is 3. The number of aryl methyl sites for hydroxylation is 2. The Hall–Kier alpha value is -7.18. The molecule has 4 saturated heterocycles. The molecule has 0 aliphatic carbocycles. The lowest BCUT2D eigenvalue weighted by molar-refractivity contribution is -0.140. The van der Waals surface area contributed by atoms with E-state index in [4.69, 9.17) is 5.10 Å². The highest BCUT2D eigenvalue weighted by Gasteiger charge is 2.44. The summed E-state index contributed by atoms with van der Waals surface area (Å²) in [4.78, 5) is 64.0. The van der Waals surface area contributed by atoms with Crippen LogP contribution in [0, 0.1) is 30.4 Å². The van der Waals surface area contributed by atoms with Crippen molar-refractivity contribution in [3.05, 3.63) is 130 Å². The molecule has 11 rings (SSSR count). The monoisotopic (exact) mass is 1170 g/mol. The molecule has 5 atom stereocenters. The molecule has 0 bridgehead atoms. The maximum atomic E-state index is 15.9. The van der Waals surface area contributed by atoms with Crippen molar-refractivity contribution < 1.29 is 41.1 Å². The number of nitrogens with zero attached hydrogens (tertiary/aromatic N) is 9. The van der Waals surface area contributed by atoms with Crippen LogP contribution in [0.4, 0.5) is 30.4 Å². The molecule has 0 saturated carbocycles. The second-order valence-electron chi connectivity index (χ2n) is 22.8. The fourth-order valence-electron chi connectivity index (χ4n) is 12.3. The molecule has 83 heavy (non-hydrogen) atoms. The van der Waals surface area contributed by atoms with E-state index in [-0.39, 0.29) is 55.3 Å². The minimum Gasteiger partial charge on any atom is -0.391 e. The van der Waals surface area contributed by atoms with Crippen LogP contribution in [0.1, 0.15) is 91.3 Å². The number of likely N-dealkylation sites (tertiary alicyclic amines) is 1. The number of nitrogens with one attached hydrogen (secondary N) is 3. The third kappa shape index (κ3) is 12.0. The molecule has 4 fully saturated rings. The molecular formula is C60H69F3N12O6S2. The van der Waals surface area contributed by atoms with Crippen molar-refractivity contribution >= 4 is 67.4 Å². The van der Waals surface area contributed by atoms with Crippen molar-refractivity contribution in [2.45, 2.75) is 83.7 Å². The fraction of sp³-hybridized carbons (Fsp3) is 0.433. The smallest absolute Gasteiger partial charge is 0.301 e. The van der Waals surface area contributed by atoms with E-state index in [2.05, 4.69) is 51.8 Å². The van der Waals surface area contributed by atoms with Gasteiger partial charge in [0.05, 0.1) is 51.1 Å². The van der Waals surface area contributed by atoms with Crippen molar-refractivity contribution in [3.8, 4) is 21.6 Å². The van der Waals surface area contributed by atoms with Crippen LogP contribution in [-0.2, 0) is 26.8 Å². The van der Waals surface area contributed by atoms with E-state index in [1.165, 1.54) is 6.20 Å².